The summed E-state index contributed by atoms with van der Waals surface area (Å²) in [4.78, 5) is 31.1. The molecular weight excluding hydrogens is 342 g/mol. The molecule has 1 N–H and O–H groups in total. The van der Waals surface area contributed by atoms with Gasteiger partial charge in [-0.3, -0.25) is 19.4 Å². The number of fused-ring (bicyclic) bond motifs is 1. The molecule has 2 heterocycles. The Morgan fingerprint density at radius 3 is 1.80 bits per heavy atom. The molecule has 2 atom stereocenters. The van der Waals surface area contributed by atoms with Crippen LogP contribution in [-0.4, -0.2) is 84.0 Å². The van der Waals surface area contributed by atoms with Crippen molar-refractivity contribution in [1.29, 1.82) is 0 Å². The molecule has 1 aliphatic carbocycles. The van der Waals surface area contributed by atoms with Crippen molar-refractivity contribution < 1.29 is 14.7 Å². The molecule has 1 saturated carbocycles. The lowest BCUT2D eigenvalue weighted by Gasteiger charge is -2.34. The number of rotatable bonds is 7. The Labute approximate surface area is 156 Å². The quantitative estimate of drug-likeness (QED) is 0.532. The Bertz CT molecular complexity index is 431. The standard InChI is InChI=1S/C18H31N3O3.ClH/c22-14-13-20-11-9-19(10-12-20)7-3-4-8-21-17(23)15-5-1-2-6-16(15)18(21)24;/h15-16,22H,1-14H2;1H. The van der Waals surface area contributed by atoms with Gasteiger partial charge in [-0.2, -0.15) is 0 Å². The summed E-state index contributed by atoms with van der Waals surface area (Å²) in [5.41, 5.74) is 0. The van der Waals surface area contributed by atoms with Gasteiger partial charge in [-0.1, -0.05) is 12.8 Å². The lowest BCUT2D eigenvalue weighted by Crippen LogP contribution is -2.47. The van der Waals surface area contributed by atoms with E-state index in [0.29, 0.717) is 6.54 Å². The molecular formula is C18H32ClN3O3. The van der Waals surface area contributed by atoms with E-state index in [1.54, 1.807) is 4.90 Å². The van der Waals surface area contributed by atoms with Crippen molar-refractivity contribution in [2.45, 2.75) is 38.5 Å². The number of aliphatic hydroxyl groups is 1. The Morgan fingerprint density at radius 1 is 0.800 bits per heavy atom. The number of halogens is 1. The number of amides is 2. The zero-order valence-corrected chi connectivity index (χ0v) is 15.9. The fraction of sp³-hybridized carbons (Fsp3) is 0.889. The van der Waals surface area contributed by atoms with Crippen LogP contribution in [0, 0.1) is 11.8 Å². The van der Waals surface area contributed by atoms with Crippen molar-refractivity contribution >= 4 is 24.2 Å². The Kier molecular flexibility index (Phi) is 8.13. The molecule has 144 valence electrons. The van der Waals surface area contributed by atoms with Crippen molar-refractivity contribution in [3.05, 3.63) is 0 Å². The van der Waals surface area contributed by atoms with Gasteiger partial charge in [0, 0.05) is 39.3 Å². The van der Waals surface area contributed by atoms with E-state index >= 15 is 0 Å². The molecule has 0 radical (unpaired) electrons. The summed E-state index contributed by atoms with van der Waals surface area (Å²) in [6, 6.07) is 0. The van der Waals surface area contributed by atoms with Gasteiger partial charge in [-0.05, 0) is 32.2 Å². The van der Waals surface area contributed by atoms with E-state index in [1.165, 1.54) is 0 Å². The van der Waals surface area contributed by atoms with Crippen LogP contribution in [-0.2, 0) is 9.59 Å². The highest BCUT2D eigenvalue weighted by Crippen LogP contribution is 2.37. The number of hydrogen-bond acceptors (Lipinski definition) is 5. The third-order valence-electron chi connectivity index (χ3n) is 5.92. The molecule has 2 amide bonds. The van der Waals surface area contributed by atoms with E-state index < -0.39 is 0 Å². The first-order chi connectivity index (χ1) is 11.7. The topological polar surface area (TPSA) is 64.1 Å². The largest absolute Gasteiger partial charge is 0.395 e. The first-order valence-corrected chi connectivity index (χ1v) is 9.61. The minimum Gasteiger partial charge on any atom is -0.395 e. The van der Waals surface area contributed by atoms with Crippen LogP contribution in [0.2, 0.25) is 0 Å². The Balaban J connectivity index is 0.00000225. The highest BCUT2D eigenvalue weighted by atomic mass is 35.5. The lowest BCUT2D eigenvalue weighted by molar-refractivity contribution is -0.140. The number of hydrogen-bond donors (Lipinski definition) is 1. The molecule has 3 fully saturated rings. The molecule has 0 aromatic heterocycles. The number of nitrogens with zero attached hydrogens (tertiary/aromatic N) is 3. The van der Waals surface area contributed by atoms with Crippen LogP contribution in [0.15, 0.2) is 0 Å². The zero-order valence-electron chi connectivity index (χ0n) is 15.1. The average Bonchev–Trinajstić information content (AvgIpc) is 2.85. The van der Waals surface area contributed by atoms with E-state index in [1.807, 2.05) is 0 Å². The van der Waals surface area contributed by atoms with Crippen molar-refractivity contribution in [1.82, 2.24) is 14.7 Å². The van der Waals surface area contributed by atoms with Crippen molar-refractivity contribution in [2.75, 3.05) is 52.4 Å². The average molecular weight is 374 g/mol. The molecule has 25 heavy (non-hydrogen) atoms. The summed E-state index contributed by atoms with van der Waals surface area (Å²) >= 11 is 0. The van der Waals surface area contributed by atoms with Gasteiger partial charge in [0.05, 0.1) is 18.4 Å². The molecule has 2 aliphatic heterocycles. The third-order valence-corrected chi connectivity index (χ3v) is 5.92. The van der Waals surface area contributed by atoms with Gasteiger partial charge >= 0.3 is 0 Å². The second-order valence-corrected chi connectivity index (χ2v) is 7.44. The van der Waals surface area contributed by atoms with Gasteiger partial charge in [0.15, 0.2) is 0 Å². The molecule has 2 unspecified atom stereocenters. The monoisotopic (exact) mass is 373 g/mol. The Morgan fingerprint density at radius 2 is 1.28 bits per heavy atom. The predicted molar refractivity (Wildman–Crippen MR) is 98.6 cm³/mol. The summed E-state index contributed by atoms with van der Waals surface area (Å²) in [5, 5.41) is 8.97. The first kappa shape index (κ1) is 20.6. The van der Waals surface area contributed by atoms with Gasteiger partial charge in [-0.25, -0.2) is 0 Å². The van der Waals surface area contributed by atoms with Crippen LogP contribution < -0.4 is 0 Å². The summed E-state index contributed by atoms with van der Waals surface area (Å²) in [5.74, 6) is 0.182. The fourth-order valence-electron chi connectivity index (χ4n) is 4.43. The Hall–Kier alpha value is -0.690. The van der Waals surface area contributed by atoms with Crippen molar-refractivity contribution in [3.8, 4) is 0 Å². The van der Waals surface area contributed by atoms with Gasteiger partial charge in [-0.15, -0.1) is 12.4 Å². The number of imide groups is 1. The molecule has 0 aromatic carbocycles. The van der Waals surface area contributed by atoms with Crippen LogP contribution in [0.25, 0.3) is 0 Å². The second kappa shape index (κ2) is 9.86. The highest BCUT2D eigenvalue weighted by molar-refractivity contribution is 6.05. The number of carbonyl (C=O) groups excluding carboxylic acids is 2. The first-order valence-electron chi connectivity index (χ1n) is 9.61. The van der Waals surface area contributed by atoms with E-state index in [-0.39, 0.29) is 42.7 Å². The molecule has 0 aromatic rings. The smallest absolute Gasteiger partial charge is 0.233 e. The van der Waals surface area contributed by atoms with Gasteiger partial charge in [0.2, 0.25) is 11.8 Å². The molecule has 2 saturated heterocycles. The minimum atomic E-state index is -0.00847. The van der Waals surface area contributed by atoms with Crippen molar-refractivity contribution in [3.63, 3.8) is 0 Å². The normalized spacial score (nSPS) is 28.1. The molecule has 0 bridgehead atoms. The number of β-amino-alcohol motifs (C(OH)–C–C–N with tert-alkyl or cyclic N) is 1. The summed E-state index contributed by atoms with van der Waals surface area (Å²) in [6.07, 6.45) is 5.94. The number of aliphatic hydroxyl groups excluding tert-OH is 1. The summed E-state index contributed by atoms with van der Waals surface area (Å²) in [7, 11) is 0. The maximum Gasteiger partial charge on any atom is 0.233 e. The molecule has 3 rings (SSSR count). The van der Waals surface area contributed by atoms with Crippen LogP contribution in [0.4, 0.5) is 0 Å². The summed E-state index contributed by atoms with van der Waals surface area (Å²) in [6.45, 7) is 6.79. The van der Waals surface area contributed by atoms with Crippen LogP contribution in [0.1, 0.15) is 38.5 Å². The molecule has 6 nitrogen and oxygen atoms in total. The predicted octanol–water partition coefficient (Wildman–Crippen LogP) is 0.974. The summed E-state index contributed by atoms with van der Waals surface area (Å²) < 4.78 is 0. The molecule has 3 aliphatic rings. The zero-order chi connectivity index (χ0) is 16.9. The van der Waals surface area contributed by atoms with Gasteiger partial charge < -0.3 is 10.0 Å². The van der Waals surface area contributed by atoms with E-state index in [4.69, 9.17) is 5.11 Å². The number of likely N-dealkylation sites (tertiary alicyclic amines) is 1. The number of unbranched alkanes of at least 4 members (excludes halogenated alkanes) is 1. The van der Waals surface area contributed by atoms with Gasteiger partial charge in [0.25, 0.3) is 0 Å². The van der Waals surface area contributed by atoms with E-state index in [0.717, 1.165) is 77.8 Å². The lowest BCUT2D eigenvalue weighted by atomic mass is 9.81. The number of piperazine rings is 1. The molecule has 0 spiro atoms. The second-order valence-electron chi connectivity index (χ2n) is 7.44. The van der Waals surface area contributed by atoms with E-state index in [9.17, 15) is 9.59 Å². The van der Waals surface area contributed by atoms with Crippen LogP contribution in [0.5, 0.6) is 0 Å². The number of carbonyl (C=O) groups is 2. The molecule has 7 heteroatoms. The fourth-order valence-corrected chi connectivity index (χ4v) is 4.43. The highest BCUT2D eigenvalue weighted by Gasteiger charge is 2.47. The SMILES string of the molecule is Cl.O=C1C2CCCCC2C(=O)N1CCCCN1CCN(CCO)CC1. The minimum absolute atomic E-state index is 0. The van der Waals surface area contributed by atoms with Gasteiger partial charge in [0.1, 0.15) is 0 Å². The van der Waals surface area contributed by atoms with Crippen LogP contribution in [0.3, 0.4) is 0 Å². The third kappa shape index (κ3) is 4.94. The van der Waals surface area contributed by atoms with Crippen LogP contribution >= 0.6 is 12.4 Å². The maximum atomic E-state index is 12.4. The maximum absolute atomic E-state index is 12.4. The van der Waals surface area contributed by atoms with E-state index in [2.05, 4.69) is 9.80 Å². The van der Waals surface area contributed by atoms with Crippen molar-refractivity contribution in [2.24, 2.45) is 11.8 Å².